The molecular weight excluding hydrogens is 448 g/mol. The van der Waals surface area contributed by atoms with Crippen molar-refractivity contribution in [2.45, 2.75) is 96.9 Å². The van der Waals surface area contributed by atoms with Gasteiger partial charge in [-0.3, -0.25) is 0 Å². The van der Waals surface area contributed by atoms with E-state index in [1.54, 1.807) is 13.2 Å². The predicted molar refractivity (Wildman–Crippen MR) is 133 cm³/mol. The molecule has 3 rings (SSSR count). The molecule has 7 heteroatoms. The van der Waals surface area contributed by atoms with Crippen molar-refractivity contribution in [3.63, 3.8) is 0 Å². The van der Waals surface area contributed by atoms with Gasteiger partial charge in [-0.15, -0.1) is 0 Å². The standard InChI is InChI=1S/C28H42O7/c1-7-8-10-20-15-21-11-9-12-23-26(35-28(4,5)34-23)22(29)14-13-18(2)19(3)33-27(30)25(21)24(16-20)32-17-31-6/h9,11,13-14,16,18-20,22-23,26,29H,7-8,10,12,15,17H2,1-6H3/b11-9?,14-13-/t18-,19+,20?,22?,23+,26-/m1/s1. The molecule has 2 unspecified atom stereocenters. The SMILES string of the molecule is CCCCC1C=C(OCOC)C2=C(C=CC[C@@H]3OC(C)(C)O[C@@H]3C(O)/C=C\[C@@H](C)[C@H](C)OC2=O)C1. The molecule has 6 atom stereocenters. The highest BCUT2D eigenvalue weighted by Crippen LogP contribution is 2.36. The molecule has 7 nitrogen and oxygen atoms in total. The highest BCUT2D eigenvalue weighted by molar-refractivity contribution is 5.94. The Kier molecular flexibility index (Phi) is 9.76. The summed E-state index contributed by atoms with van der Waals surface area (Å²) in [5, 5.41) is 10.8. The van der Waals surface area contributed by atoms with Gasteiger partial charge in [0.05, 0.1) is 6.10 Å². The van der Waals surface area contributed by atoms with Gasteiger partial charge in [0.2, 0.25) is 0 Å². The summed E-state index contributed by atoms with van der Waals surface area (Å²) in [5.74, 6) is -0.533. The number of cyclic esters (lactones) is 1. The van der Waals surface area contributed by atoms with Crippen LogP contribution in [0.2, 0.25) is 0 Å². The van der Waals surface area contributed by atoms with Crippen LogP contribution in [0.3, 0.4) is 0 Å². The number of unbranched alkanes of at least 4 members (excludes halogenated alkanes) is 1. The third kappa shape index (κ3) is 7.29. The van der Waals surface area contributed by atoms with Crippen LogP contribution in [0.5, 0.6) is 0 Å². The van der Waals surface area contributed by atoms with E-state index in [9.17, 15) is 9.90 Å². The number of carbonyl (C=O) groups is 1. The topological polar surface area (TPSA) is 83.5 Å². The number of allylic oxidation sites excluding steroid dienone is 3. The monoisotopic (exact) mass is 490 g/mol. The first-order chi connectivity index (χ1) is 16.6. The molecular formula is C28H42O7. The Morgan fingerprint density at radius 2 is 1.97 bits per heavy atom. The molecule has 0 bridgehead atoms. The summed E-state index contributed by atoms with van der Waals surface area (Å²) in [4.78, 5) is 13.4. The summed E-state index contributed by atoms with van der Waals surface area (Å²) in [6.45, 7) is 9.75. The molecule has 1 aliphatic carbocycles. The van der Waals surface area contributed by atoms with E-state index in [-0.39, 0.29) is 24.7 Å². The van der Waals surface area contributed by atoms with Crippen LogP contribution in [0.1, 0.15) is 66.7 Å². The number of ether oxygens (including phenoxy) is 5. The minimum atomic E-state index is -0.830. The Morgan fingerprint density at radius 1 is 1.20 bits per heavy atom. The second-order valence-electron chi connectivity index (χ2n) is 10.2. The minimum absolute atomic E-state index is 0.0523. The Hall–Kier alpha value is -1.93. The zero-order chi connectivity index (χ0) is 25.6. The van der Waals surface area contributed by atoms with Crippen molar-refractivity contribution >= 4 is 5.97 Å². The Morgan fingerprint density at radius 3 is 2.69 bits per heavy atom. The fourth-order valence-electron chi connectivity index (χ4n) is 4.75. The third-order valence-corrected chi connectivity index (χ3v) is 6.79. The van der Waals surface area contributed by atoms with Gasteiger partial charge in [-0.1, -0.05) is 51.0 Å². The molecule has 0 spiro atoms. The number of fused-ring (bicyclic) bond motifs is 1. The van der Waals surface area contributed by atoms with Crippen LogP contribution < -0.4 is 0 Å². The van der Waals surface area contributed by atoms with Crippen molar-refractivity contribution in [1.82, 2.24) is 0 Å². The lowest BCUT2D eigenvalue weighted by Crippen LogP contribution is -2.34. The quantitative estimate of drug-likeness (QED) is 0.320. The zero-order valence-electron chi connectivity index (χ0n) is 22.0. The lowest BCUT2D eigenvalue weighted by molar-refractivity contribution is -0.152. The first kappa shape index (κ1) is 27.7. The molecule has 1 fully saturated rings. The Balaban J connectivity index is 2.00. The maximum atomic E-state index is 13.4. The maximum absolute atomic E-state index is 13.4. The first-order valence-corrected chi connectivity index (χ1v) is 12.8. The highest BCUT2D eigenvalue weighted by Gasteiger charge is 2.43. The number of aliphatic hydroxyl groups excluding tert-OH is 1. The van der Waals surface area contributed by atoms with Crippen molar-refractivity contribution in [2.75, 3.05) is 13.9 Å². The molecule has 196 valence electrons. The summed E-state index contributed by atoms with van der Waals surface area (Å²) in [6, 6.07) is 0. The van der Waals surface area contributed by atoms with Crippen LogP contribution in [0.4, 0.5) is 0 Å². The van der Waals surface area contributed by atoms with Gasteiger partial charge in [0.15, 0.2) is 12.6 Å². The average molecular weight is 491 g/mol. The van der Waals surface area contributed by atoms with Crippen molar-refractivity contribution in [3.05, 3.63) is 47.3 Å². The molecule has 2 heterocycles. The summed E-state index contributed by atoms with van der Waals surface area (Å²) < 4.78 is 29.0. The van der Waals surface area contributed by atoms with Gasteiger partial charge in [-0.05, 0) is 57.6 Å². The molecule has 0 amide bonds. The number of rotatable bonds is 6. The fraction of sp³-hybridized carbons (Fsp3) is 0.679. The van der Waals surface area contributed by atoms with Crippen LogP contribution in [-0.4, -0.2) is 55.2 Å². The lowest BCUT2D eigenvalue weighted by Gasteiger charge is -2.27. The second kappa shape index (κ2) is 12.3. The van der Waals surface area contributed by atoms with E-state index in [4.69, 9.17) is 23.7 Å². The smallest absolute Gasteiger partial charge is 0.342 e. The highest BCUT2D eigenvalue weighted by atomic mass is 16.8. The number of hydrogen-bond acceptors (Lipinski definition) is 7. The molecule has 1 saturated heterocycles. The molecule has 0 aromatic rings. The van der Waals surface area contributed by atoms with Gasteiger partial charge < -0.3 is 28.8 Å². The summed E-state index contributed by atoms with van der Waals surface area (Å²) in [7, 11) is 1.56. The number of hydrogen-bond donors (Lipinski definition) is 1. The number of methoxy groups -OCH3 is 1. The molecule has 0 radical (unpaired) electrons. The van der Waals surface area contributed by atoms with E-state index in [1.807, 2.05) is 52.0 Å². The number of esters is 1. The molecule has 0 aromatic carbocycles. The van der Waals surface area contributed by atoms with Crippen molar-refractivity contribution in [2.24, 2.45) is 11.8 Å². The van der Waals surface area contributed by atoms with E-state index < -0.39 is 30.1 Å². The Labute approximate surface area is 209 Å². The van der Waals surface area contributed by atoms with Crippen LogP contribution in [-0.2, 0) is 28.5 Å². The van der Waals surface area contributed by atoms with E-state index in [2.05, 4.69) is 6.92 Å². The lowest BCUT2D eigenvalue weighted by atomic mass is 9.85. The first-order valence-electron chi connectivity index (χ1n) is 12.8. The second-order valence-corrected chi connectivity index (χ2v) is 10.2. The summed E-state index contributed by atoms with van der Waals surface area (Å²) >= 11 is 0. The van der Waals surface area contributed by atoms with E-state index >= 15 is 0 Å². The van der Waals surface area contributed by atoms with Crippen molar-refractivity contribution in [1.29, 1.82) is 0 Å². The van der Waals surface area contributed by atoms with Gasteiger partial charge in [0.25, 0.3) is 0 Å². The van der Waals surface area contributed by atoms with Crippen LogP contribution in [0.25, 0.3) is 0 Å². The third-order valence-electron chi connectivity index (χ3n) is 6.79. The van der Waals surface area contributed by atoms with E-state index in [0.717, 1.165) is 31.3 Å². The zero-order valence-corrected chi connectivity index (χ0v) is 22.0. The number of aliphatic hydroxyl groups is 1. The molecule has 1 N–H and O–H groups in total. The van der Waals surface area contributed by atoms with Crippen molar-refractivity contribution < 1.29 is 33.6 Å². The molecule has 0 aromatic heterocycles. The molecule has 0 saturated carbocycles. The molecule has 3 aliphatic rings. The van der Waals surface area contributed by atoms with Gasteiger partial charge in [-0.25, -0.2) is 4.79 Å². The summed E-state index contributed by atoms with van der Waals surface area (Å²) in [5.41, 5.74) is 1.33. The van der Waals surface area contributed by atoms with E-state index in [1.165, 1.54) is 0 Å². The van der Waals surface area contributed by atoms with Crippen LogP contribution >= 0.6 is 0 Å². The normalized spacial score (nSPS) is 34.4. The van der Waals surface area contributed by atoms with Gasteiger partial charge in [-0.2, -0.15) is 0 Å². The fourth-order valence-corrected chi connectivity index (χ4v) is 4.75. The Bertz CT molecular complexity index is 853. The van der Waals surface area contributed by atoms with Crippen LogP contribution in [0, 0.1) is 11.8 Å². The van der Waals surface area contributed by atoms with Gasteiger partial charge in [0.1, 0.15) is 29.6 Å². The van der Waals surface area contributed by atoms with Crippen LogP contribution in [0.15, 0.2) is 47.3 Å². The van der Waals surface area contributed by atoms with Gasteiger partial charge >= 0.3 is 5.97 Å². The average Bonchev–Trinajstić information content (AvgIpc) is 3.12. The van der Waals surface area contributed by atoms with Crippen molar-refractivity contribution in [3.8, 4) is 0 Å². The maximum Gasteiger partial charge on any atom is 0.342 e. The summed E-state index contributed by atoms with van der Waals surface area (Å²) in [6.07, 6.45) is 12.0. The number of carbonyl (C=O) groups excluding carboxylic acids is 1. The van der Waals surface area contributed by atoms with Gasteiger partial charge in [0, 0.05) is 13.0 Å². The minimum Gasteiger partial charge on any atom is -0.467 e. The molecule has 2 aliphatic heterocycles. The molecule has 35 heavy (non-hydrogen) atoms. The van der Waals surface area contributed by atoms with E-state index in [0.29, 0.717) is 17.8 Å². The predicted octanol–water partition coefficient (Wildman–Crippen LogP) is 4.96. The largest absolute Gasteiger partial charge is 0.467 e.